The van der Waals surface area contributed by atoms with Crippen LogP contribution in [0.5, 0.6) is 0 Å². The third kappa shape index (κ3) is 3.89. The molecule has 2 aromatic heterocycles. The first-order valence-electron chi connectivity index (χ1n) is 7.46. The summed E-state index contributed by atoms with van der Waals surface area (Å²) in [5.41, 5.74) is 1.36. The lowest BCUT2D eigenvalue weighted by molar-refractivity contribution is 0.101. The second-order valence-corrected chi connectivity index (χ2v) is 7.41. The van der Waals surface area contributed by atoms with E-state index in [-0.39, 0.29) is 11.6 Å². The molecule has 0 atom stereocenters. The highest BCUT2D eigenvalue weighted by Gasteiger charge is 2.18. The van der Waals surface area contributed by atoms with Crippen LogP contribution in [0.3, 0.4) is 0 Å². The van der Waals surface area contributed by atoms with Crippen molar-refractivity contribution in [1.29, 1.82) is 5.26 Å². The molecule has 0 aliphatic carbocycles. The first kappa shape index (κ1) is 18.0. The first-order valence-corrected chi connectivity index (χ1v) is 9.26. The summed E-state index contributed by atoms with van der Waals surface area (Å²) in [5, 5.41) is 15.9. The molecule has 7 nitrogen and oxygen atoms in total. The van der Waals surface area contributed by atoms with E-state index in [2.05, 4.69) is 26.5 Å². The molecule has 2 heterocycles. The number of halogens is 1. The van der Waals surface area contributed by atoms with Crippen LogP contribution in [0.25, 0.3) is 5.69 Å². The van der Waals surface area contributed by atoms with Gasteiger partial charge in [0.1, 0.15) is 11.6 Å². The summed E-state index contributed by atoms with van der Waals surface area (Å²) in [6.07, 6.45) is 0. The van der Waals surface area contributed by atoms with Gasteiger partial charge >= 0.3 is 0 Å². The number of thiazole rings is 1. The van der Waals surface area contributed by atoms with E-state index in [4.69, 9.17) is 5.26 Å². The molecule has 0 radical (unpaired) electrons. The van der Waals surface area contributed by atoms with Crippen molar-refractivity contribution in [2.24, 2.45) is 0 Å². The lowest BCUT2D eigenvalue weighted by Gasteiger charge is -2.01. The maximum atomic E-state index is 13.1. The number of thioether (sulfide) groups is 1. The molecule has 0 spiro atoms. The van der Waals surface area contributed by atoms with Gasteiger partial charge in [-0.25, -0.2) is 19.0 Å². The minimum atomic E-state index is -0.487. The normalized spacial score (nSPS) is 10.5. The van der Waals surface area contributed by atoms with Crippen molar-refractivity contribution in [3.8, 4) is 11.8 Å². The number of carbonyl (C=O) groups is 1. The minimum absolute atomic E-state index is 0.00842. The SMILES string of the molecule is Cc1nc(NC(=O)c2nc(C)n(-c3ccc(F)cc3)n2)sc1SCC#N. The van der Waals surface area contributed by atoms with Crippen LogP contribution >= 0.6 is 23.1 Å². The van der Waals surface area contributed by atoms with Gasteiger partial charge in [0.25, 0.3) is 5.91 Å². The molecular weight excluding hydrogens is 375 g/mol. The third-order valence-corrected chi connectivity index (χ3v) is 5.59. The number of nitrogens with zero attached hydrogens (tertiary/aromatic N) is 5. The highest BCUT2D eigenvalue weighted by atomic mass is 32.2. The van der Waals surface area contributed by atoms with E-state index in [1.807, 2.05) is 6.92 Å². The van der Waals surface area contributed by atoms with Crippen LogP contribution < -0.4 is 5.32 Å². The Morgan fingerprint density at radius 1 is 1.35 bits per heavy atom. The summed E-state index contributed by atoms with van der Waals surface area (Å²) in [6, 6.07) is 7.80. The fourth-order valence-electron chi connectivity index (χ4n) is 2.13. The largest absolute Gasteiger partial charge is 0.297 e. The summed E-state index contributed by atoms with van der Waals surface area (Å²) < 4.78 is 15.4. The van der Waals surface area contributed by atoms with Crippen LogP contribution in [-0.4, -0.2) is 31.4 Å². The number of aryl methyl sites for hydroxylation is 2. The number of nitrogens with one attached hydrogen (secondary N) is 1. The topological polar surface area (TPSA) is 96.5 Å². The number of aromatic nitrogens is 4. The summed E-state index contributed by atoms with van der Waals surface area (Å²) in [4.78, 5) is 20.8. The van der Waals surface area contributed by atoms with Gasteiger partial charge in [0.15, 0.2) is 5.13 Å². The number of hydrogen-bond donors (Lipinski definition) is 1. The summed E-state index contributed by atoms with van der Waals surface area (Å²) >= 11 is 2.67. The molecule has 0 aliphatic heterocycles. The van der Waals surface area contributed by atoms with Crippen LogP contribution in [0.4, 0.5) is 9.52 Å². The van der Waals surface area contributed by atoms with Crippen molar-refractivity contribution in [3.63, 3.8) is 0 Å². The Morgan fingerprint density at radius 3 is 2.77 bits per heavy atom. The number of benzene rings is 1. The lowest BCUT2D eigenvalue weighted by atomic mass is 10.3. The van der Waals surface area contributed by atoms with Crippen molar-refractivity contribution in [3.05, 3.63) is 47.4 Å². The van der Waals surface area contributed by atoms with Crippen molar-refractivity contribution in [2.75, 3.05) is 11.1 Å². The fourth-order valence-corrected chi connectivity index (χ4v) is 3.93. The molecule has 0 saturated carbocycles. The number of amides is 1. The van der Waals surface area contributed by atoms with E-state index in [9.17, 15) is 9.18 Å². The highest BCUT2D eigenvalue weighted by Crippen LogP contribution is 2.31. The van der Waals surface area contributed by atoms with Crippen LogP contribution in [-0.2, 0) is 0 Å². The Labute approximate surface area is 156 Å². The Kier molecular flexibility index (Phi) is 5.29. The van der Waals surface area contributed by atoms with Gasteiger partial charge in [0.2, 0.25) is 5.82 Å². The number of nitriles is 1. The van der Waals surface area contributed by atoms with E-state index in [1.165, 1.54) is 39.9 Å². The summed E-state index contributed by atoms with van der Waals surface area (Å²) in [7, 11) is 0. The van der Waals surface area contributed by atoms with E-state index >= 15 is 0 Å². The van der Waals surface area contributed by atoms with Crippen LogP contribution in [0.1, 0.15) is 22.1 Å². The van der Waals surface area contributed by atoms with Gasteiger partial charge in [-0.05, 0) is 38.1 Å². The number of rotatable bonds is 5. The Hall–Kier alpha value is -2.77. The predicted octanol–water partition coefficient (Wildman–Crippen LogP) is 3.35. The third-order valence-electron chi connectivity index (χ3n) is 3.29. The molecule has 1 N–H and O–H groups in total. The Bertz CT molecular complexity index is 989. The molecule has 0 unspecified atom stereocenters. The van der Waals surface area contributed by atoms with Crippen molar-refractivity contribution in [1.82, 2.24) is 19.7 Å². The fraction of sp³-hybridized carbons (Fsp3) is 0.188. The van der Waals surface area contributed by atoms with Gasteiger partial charge in [-0.3, -0.25) is 10.1 Å². The highest BCUT2D eigenvalue weighted by molar-refractivity contribution is 8.01. The Morgan fingerprint density at radius 2 is 2.08 bits per heavy atom. The molecule has 0 fully saturated rings. The molecule has 0 bridgehead atoms. The van der Waals surface area contributed by atoms with Gasteiger partial charge in [0.05, 0.1) is 27.4 Å². The zero-order valence-corrected chi connectivity index (χ0v) is 15.5. The van der Waals surface area contributed by atoms with E-state index in [0.717, 1.165) is 9.90 Å². The van der Waals surface area contributed by atoms with Crippen molar-refractivity contribution >= 4 is 34.1 Å². The number of carbonyl (C=O) groups excluding carboxylic acids is 1. The van der Waals surface area contributed by atoms with Gasteiger partial charge < -0.3 is 0 Å². The molecule has 0 saturated heterocycles. The van der Waals surface area contributed by atoms with Gasteiger partial charge in [-0.2, -0.15) is 5.26 Å². The molecule has 3 rings (SSSR count). The molecule has 132 valence electrons. The number of hydrogen-bond acceptors (Lipinski definition) is 7. The molecule has 1 aromatic carbocycles. The van der Waals surface area contributed by atoms with Gasteiger partial charge in [0, 0.05) is 0 Å². The Balaban J connectivity index is 1.78. The quantitative estimate of drug-likeness (QED) is 0.673. The van der Waals surface area contributed by atoms with Crippen LogP contribution in [0, 0.1) is 31.0 Å². The zero-order chi connectivity index (χ0) is 18.7. The second-order valence-electron chi connectivity index (χ2n) is 5.16. The zero-order valence-electron chi connectivity index (χ0n) is 13.9. The lowest BCUT2D eigenvalue weighted by Crippen LogP contribution is -2.14. The number of anilines is 1. The van der Waals surface area contributed by atoms with Crippen molar-refractivity contribution < 1.29 is 9.18 Å². The average Bonchev–Trinajstić information content (AvgIpc) is 3.16. The summed E-state index contributed by atoms with van der Waals surface area (Å²) in [5.74, 6) is -0.0271. The van der Waals surface area contributed by atoms with Gasteiger partial charge in [-0.1, -0.05) is 23.1 Å². The molecule has 26 heavy (non-hydrogen) atoms. The second kappa shape index (κ2) is 7.63. The average molecular weight is 388 g/mol. The minimum Gasteiger partial charge on any atom is -0.295 e. The molecular formula is C16H13FN6OS2. The predicted molar refractivity (Wildman–Crippen MR) is 97.2 cm³/mol. The molecule has 10 heteroatoms. The van der Waals surface area contributed by atoms with Crippen LogP contribution in [0.2, 0.25) is 0 Å². The van der Waals surface area contributed by atoms with E-state index < -0.39 is 5.91 Å². The van der Waals surface area contributed by atoms with E-state index in [1.54, 1.807) is 19.1 Å². The first-order chi connectivity index (χ1) is 12.5. The van der Waals surface area contributed by atoms with Crippen LogP contribution in [0.15, 0.2) is 28.5 Å². The maximum absolute atomic E-state index is 13.1. The van der Waals surface area contributed by atoms with Crippen molar-refractivity contribution in [2.45, 2.75) is 18.1 Å². The standard InChI is InChI=1S/C16H13FN6OS2/c1-9-15(25-8-7-18)26-16(19-9)21-14(24)13-20-10(2)23(22-13)12-5-3-11(17)4-6-12/h3-6H,8H2,1-2H3,(H,19,21,24). The monoisotopic (exact) mass is 388 g/mol. The maximum Gasteiger partial charge on any atom is 0.297 e. The molecule has 1 amide bonds. The summed E-state index contributed by atoms with van der Waals surface area (Å²) in [6.45, 7) is 3.52. The van der Waals surface area contributed by atoms with E-state index in [0.29, 0.717) is 22.4 Å². The molecule has 0 aliphatic rings. The van der Waals surface area contributed by atoms with Gasteiger partial charge in [-0.15, -0.1) is 5.10 Å². The smallest absolute Gasteiger partial charge is 0.295 e. The molecule has 3 aromatic rings.